The van der Waals surface area contributed by atoms with Gasteiger partial charge in [-0.3, -0.25) is 14.5 Å². The van der Waals surface area contributed by atoms with Gasteiger partial charge in [-0.05, 0) is 44.2 Å². The molecule has 0 aliphatic carbocycles. The number of aromatic nitrogens is 3. The zero-order chi connectivity index (χ0) is 23.5. The van der Waals surface area contributed by atoms with Gasteiger partial charge in [0.05, 0.1) is 23.7 Å². The van der Waals surface area contributed by atoms with Crippen LogP contribution >= 0.6 is 0 Å². The van der Waals surface area contributed by atoms with Gasteiger partial charge in [-0.25, -0.2) is 19.2 Å². The van der Waals surface area contributed by atoms with Crippen molar-refractivity contribution in [1.82, 2.24) is 14.4 Å². The summed E-state index contributed by atoms with van der Waals surface area (Å²) in [6.45, 7) is 3.46. The molecule has 0 spiro atoms. The fraction of sp³-hybridized carbons (Fsp3) is 0.136. The van der Waals surface area contributed by atoms with Crippen molar-refractivity contribution in [3.8, 4) is 17.3 Å². The third-order valence-electron chi connectivity index (χ3n) is 4.34. The number of rotatable bonds is 5. The Bertz CT molecular complexity index is 1400. The molecule has 3 heterocycles. The first-order chi connectivity index (χ1) is 15.8. The van der Waals surface area contributed by atoms with Crippen LogP contribution in [0.3, 0.4) is 0 Å². The molecule has 10 nitrogen and oxygen atoms in total. The highest BCUT2D eigenvalue weighted by Gasteiger charge is 2.15. The summed E-state index contributed by atoms with van der Waals surface area (Å²) >= 11 is 0. The van der Waals surface area contributed by atoms with Gasteiger partial charge in [-0.15, -0.1) is 0 Å². The summed E-state index contributed by atoms with van der Waals surface area (Å²) in [6, 6.07) is 8.55. The lowest BCUT2D eigenvalue weighted by Gasteiger charge is -2.09. The van der Waals surface area contributed by atoms with Crippen molar-refractivity contribution in [3.05, 3.63) is 66.3 Å². The van der Waals surface area contributed by atoms with Crippen LogP contribution in [0.2, 0.25) is 0 Å². The second-order valence-electron chi connectivity index (χ2n) is 7.18. The molecule has 0 aliphatic rings. The number of hydrogen-bond donors (Lipinski definition) is 2. The average Bonchev–Trinajstić information content (AvgIpc) is 3.41. The third kappa shape index (κ3) is 4.80. The normalized spacial score (nSPS) is 10.8. The zero-order valence-electron chi connectivity index (χ0n) is 17.5. The van der Waals surface area contributed by atoms with E-state index in [0.717, 1.165) is 0 Å². The first kappa shape index (κ1) is 21.5. The number of carbonyl (C=O) groups is 2. The molecule has 4 aromatic rings. The van der Waals surface area contributed by atoms with Gasteiger partial charge in [-0.2, -0.15) is 5.26 Å². The molecule has 2 amide bonds. The van der Waals surface area contributed by atoms with Crippen molar-refractivity contribution in [3.63, 3.8) is 0 Å². The molecule has 2 N–H and O–H groups in total. The minimum Gasteiger partial charge on any atom is -0.447 e. The van der Waals surface area contributed by atoms with E-state index in [-0.39, 0.29) is 34.7 Å². The Morgan fingerprint density at radius 1 is 1.18 bits per heavy atom. The minimum atomic E-state index is -0.626. The molecule has 0 unspecified atom stereocenters. The molecule has 0 aliphatic heterocycles. The largest absolute Gasteiger partial charge is 0.447 e. The Kier molecular flexibility index (Phi) is 5.73. The van der Waals surface area contributed by atoms with Crippen LogP contribution in [0.4, 0.5) is 20.6 Å². The zero-order valence-corrected chi connectivity index (χ0v) is 17.5. The Morgan fingerprint density at radius 3 is 2.73 bits per heavy atom. The van der Waals surface area contributed by atoms with E-state index in [2.05, 4.69) is 20.6 Å². The molecule has 33 heavy (non-hydrogen) atoms. The van der Waals surface area contributed by atoms with E-state index in [4.69, 9.17) is 14.4 Å². The Labute approximate surface area is 186 Å². The van der Waals surface area contributed by atoms with Crippen LogP contribution in [0.5, 0.6) is 0 Å². The number of nitrogens with zero attached hydrogens (tertiary/aromatic N) is 4. The number of anilines is 2. The number of ether oxygens (including phenoxy) is 1. The summed E-state index contributed by atoms with van der Waals surface area (Å²) in [6.07, 6.45) is 3.60. The number of amides is 2. The molecule has 1 aromatic carbocycles. The van der Waals surface area contributed by atoms with E-state index >= 15 is 0 Å². The van der Waals surface area contributed by atoms with Crippen LogP contribution < -0.4 is 10.6 Å². The standard InChI is InChI=1S/C22H17FN6O4/c1-12(2)32-22(31)27-14-9-25-21-28-18(11-29(21)10-14)16-7-13(3-5-17(16)23)26-20(30)19-6-4-15(8-24)33-19/h3-7,9-12H,1-2H3,(H,26,30)(H,27,31). The number of fused-ring (bicyclic) bond motifs is 1. The predicted octanol–water partition coefficient (Wildman–Crippen LogP) is 4.21. The van der Waals surface area contributed by atoms with Gasteiger partial charge in [0.15, 0.2) is 5.76 Å². The van der Waals surface area contributed by atoms with Crippen LogP contribution in [0, 0.1) is 17.1 Å². The van der Waals surface area contributed by atoms with Gasteiger partial charge < -0.3 is 14.5 Å². The lowest BCUT2D eigenvalue weighted by molar-refractivity contribution is 0.0996. The quantitative estimate of drug-likeness (QED) is 0.467. The van der Waals surface area contributed by atoms with Gasteiger partial charge in [-0.1, -0.05) is 0 Å². The summed E-state index contributed by atoms with van der Waals surface area (Å²) in [5.74, 6) is -0.912. The van der Waals surface area contributed by atoms with Crippen molar-refractivity contribution < 1.29 is 23.1 Å². The molecule has 0 radical (unpaired) electrons. The molecule has 0 atom stereocenters. The van der Waals surface area contributed by atoms with Crippen LogP contribution in [0.15, 0.2) is 53.3 Å². The van der Waals surface area contributed by atoms with E-state index in [9.17, 15) is 14.0 Å². The maximum absolute atomic E-state index is 14.6. The fourth-order valence-electron chi connectivity index (χ4n) is 2.95. The minimum absolute atomic E-state index is 0.00322. The average molecular weight is 448 g/mol. The van der Waals surface area contributed by atoms with E-state index in [0.29, 0.717) is 11.4 Å². The Balaban J connectivity index is 1.57. The van der Waals surface area contributed by atoms with Gasteiger partial charge in [0.25, 0.3) is 5.91 Å². The fourth-order valence-corrected chi connectivity index (χ4v) is 2.95. The molecule has 0 saturated heterocycles. The number of halogens is 1. The van der Waals surface area contributed by atoms with Crippen molar-refractivity contribution >= 4 is 29.2 Å². The molecule has 0 fully saturated rings. The van der Waals surface area contributed by atoms with E-state index < -0.39 is 17.8 Å². The van der Waals surface area contributed by atoms with E-state index in [1.165, 1.54) is 47.1 Å². The third-order valence-corrected chi connectivity index (χ3v) is 4.34. The van der Waals surface area contributed by atoms with Gasteiger partial charge in [0.1, 0.15) is 11.9 Å². The van der Waals surface area contributed by atoms with Gasteiger partial charge >= 0.3 is 6.09 Å². The summed E-state index contributed by atoms with van der Waals surface area (Å²) in [5.41, 5.74) is 1.07. The lowest BCUT2D eigenvalue weighted by Crippen LogP contribution is -2.18. The summed E-state index contributed by atoms with van der Waals surface area (Å²) in [5, 5.41) is 14.0. The number of carbonyl (C=O) groups excluding carboxylic acids is 2. The number of imidazole rings is 1. The SMILES string of the molecule is CC(C)OC(=O)Nc1cnc2nc(-c3cc(NC(=O)c4ccc(C#N)o4)ccc3F)cn2c1. The molecule has 166 valence electrons. The summed E-state index contributed by atoms with van der Waals surface area (Å²) in [7, 11) is 0. The van der Waals surface area contributed by atoms with Gasteiger partial charge in [0, 0.05) is 23.6 Å². The first-order valence-corrected chi connectivity index (χ1v) is 9.76. The van der Waals surface area contributed by atoms with Crippen molar-refractivity contribution in [2.75, 3.05) is 10.6 Å². The van der Waals surface area contributed by atoms with Gasteiger partial charge in [0.2, 0.25) is 11.5 Å². The van der Waals surface area contributed by atoms with Crippen LogP contribution in [0.25, 0.3) is 17.0 Å². The van der Waals surface area contributed by atoms with Crippen LogP contribution in [-0.4, -0.2) is 32.5 Å². The molecule has 0 saturated carbocycles. The van der Waals surface area contributed by atoms with Crippen molar-refractivity contribution in [2.24, 2.45) is 0 Å². The second-order valence-corrected chi connectivity index (χ2v) is 7.18. The number of nitrogens with one attached hydrogen (secondary N) is 2. The Hall–Kier alpha value is -4.72. The number of nitriles is 1. The maximum Gasteiger partial charge on any atom is 0.411 e. The highest BCUT2D eigenvalue weighted by molar-refractivity contribution is 6.02. The monoisotopic (exact) mass is 448 g/mol. The van der Waals surface area contributed by atoms with Crippen molar-refractivity contribution in [2.45, 2.75) is 20.0 Å². The number of hydrogen-bond acceptors (Lipinski definition) is 7. The predicted molar refractivity (Wildman–Crippen MR) is 115 cm³/mol. The number of benzene rings is 1. The smallest absolute Gasteiger partial charge is 0.411 e. The maximum atomic E-state index is 14.6. The highest BCUT2D eigenvalue weighted by Crippen LogP contribution is 2.26. The molecule has 3 aromatic heterocycles. The lowest BCUT2D eigenvalue weighted by atomic mass is 10.1. The highest BCUT2D eigenvalue weighted by atomic mass is 19.1. The van der Waals surface area contributed by atoms with Crippen LogP contribution in [0.1, 0.15) is 30.2 Å². The first-order valence-electron chi connectivity index (χ1n) is 9.76. The second kappa shape index (κ2) is 8.80. The summed E-state index contributed by atoms with van der Waals surface area (Å²) < 4.78 is 26.2. The van der Waals surface area contributed by atoms with Crippen molar-refractivity contribution in [1.29, 1.82) is 5.26 Å². The molecule has 11 heteroatoms. The molecular weight excluding hydrogens is 431 g/mol. The van der Waals surface area contributed by atoms with Crippen LogP contribution in [-0.2, 0) is 4.74 Å². The topological polar surface area (TPSA) is 135 Å². The van der Waals surface area contributed by atoms with E-state index in [1.54, 1.807) is 26.1 Å². The molecule has 0 bridgehead atoms. The molecule has 4 rings (SSSR count). The summed E-state index contributed by atoms with van der Waals surface area (Å²) in [4.78, 5) is 32.6. The Morgan fingerprint density at radius 2 is 2.00 bits per heavy atom. The van der Waals surface area contributed by atoms with E-state index in [1.807, 2.05) is 0 Å². The molecular formula is C22H17FN6O4. The number of furan rings is 1.